The minimum Gasteiger partial charge on any atom is -1.00 e. The first kappa shape index (κ1) is 24.1. The highest BCUT2D eigenvalue weighted by atomic mass is 79.9. The van der Waals surface area contributed by atoms with Crippen LogP contribution in [0.3, 0.4) is 0 Å². The highest BCUT2D eigenvalue weighted by molar-refractivity contribution is 5.91. The number of anilines is 1. The van der Waals surface area contributed by atoms with Crippen LogP contribution >= 0.6 is 0 Å². The molecule has 1 amide bonds. The van der Waals surface area contributed by atoms with Gasteiger partial charge in [-0.05, 0) is 12.1 Å². The van der Waals surface area contributed by atoms with Crippen molar-refractivity contribution < 1.29 is 49.7 Å². The van der Waals surface area contributed by atoms with Crippen LogP contribution in [0.15, 0.2) is 64.7 Å². The molecule has 2 bridgehead atoms. The summed E-state index contributed by atoms with van der Waals surface area (Å²) in [5.74, 6) is -0.728. The zero-order valence-corrected chi connectivity index (χ0v) is 19.9. The first-order valence-electron chi connectivity index (χ1n) is 10.9. The normalized spacial score (nSPS) is 23.7. The van der Waals surface area contributed by atoms with Crippen LogP contribution in [-0.4, -0.2) is 63.7 Å². The molecule has 3 aliphatic heterocycles. The Labute approximate surface area is 206 Å². The number of piperidine rings is 3. The second kappa shape index (κ2) is 9.69. The summed E-state index contributed by atoms with van der Waals surface area (Å²) >= 11 is 0. The number of hydrogen-bond donors (Lipinski definition) is 2. The number of hydrogen-bond acceptors (Lipinski definition) is 8. The van der Waals surface area contributed by atoms with Crippen molar-refractivity contribution in [1.82, 2.24) is 9.97 Å². The number of furan rings is 2. The van der Waals surface area contributed by atoms with Crippen molar-refractivity contribution in [3.05, 3.63) is 67.0 Å². The average molecular weight is 533 g/mol. The van der Waals surface area contributed by atoms with Crippen LogP contribution in [0.4, 0.5) is 5.69 Å². The topological polar surface area (TPSA) is 128 Å². The van der Waals surface area contributed by atoms with Gasteiger partial charge in [-0.1, -0.05) is 0 Å². The summed E-state index contributed by atoms with van der Waals surface area (Å²) in [7, 11) is 0. The van der Waals surface area contributed by atoms with Gasteiger partial charge < -0.3 is 45.5 Å². The molecule has 0 spiro atoms. The van der Waals surface area contributed by atoms with Crippen molar-refractivity contribution in [3.63, 3.8) is 0 Å². The van der Waals surface area contributed by atoms with Gasteiger partial charge in [0.2, 0.25) is 5.60 Å². The van der Waals surface area contributed by atoms with Gasteiger partial charge in [0.15, 0.2) is 12.6 Å². The molecule has 3 aromatic heterocycles. The molecule has 3 fully saturated rings. The van der Waals surface area contributed by atoms with Crippen molar-refractivity contribution in [2.24, 2.45) is 5.92 Å². The van der Waals surface area contributed by atoms with E-state index in [2.05, 4.69) is 15.3 Å². The van der Waals surface area contributed by atoms with E-state index in [1.54, 1.807) is 12.4 Å². The lowest BCUT2D eigenvalue weighted by atomic mass is 9.82. The number of halogens is 1. The number of nitrogens with zero attached hydrogens (tertiary/aromatic N) is 3. The van der Waals surface area contributed by atoms with Crippen LogP contribution < -0.4 is 22.3 Å². The summed E-state index contributed by atoms with van der Waals surface area (Å²) in [6, 6.07) is 3.05. The summed E-state index contributed by atoms with van der Waals surface area (Å²) in [5, 5.41) is 14.2. The number of esters is 1. The van der Waals surface area contributed by atoms with Gasteiger partial charge in [-0.25, -0.2) is 14.8 Å². The zero-order valence-electron chi connectivity index (χ0n) is 18.3. The predicted molar refractivity (Wildman–Crippen MR) is 113 cm³/mol. The Kier molecular flexibility index (Phi) is 6.87. The number of aromatic nitrogens is 2. The maximum Gasteiger partial charge on any atom is 0.348 e. The second-order valence-corrected chi connectivity index (χ2v) is 8.82. The van der Waals surface area contributed by atoms with Crippen molar-refractivity contribution >= 4 is 17.6 Å². The molecule has 3 saturated heterocycles. The van der Waals surface area contributed by atoms with Gasteiger partial charge in [0, 0.05) is 29.9 Å². The Morgan fingerprint density at radius 2 is 1.74 bits per heavy atom. The zero-order chi connectivity index (χ0) is 22.9. The molecule has 10 nitrogen and oxygen atoms in total. The summed E-state index contributed by atoms with van der Waals surface area (Å²) in [5.41, 5.74) is -0.963. The largest absolute Gasteiger partial charge is 1.00 e. The molecule has 3 aromatic rings. The van der Waals surface area contributed by atoms with Gasteiger partial charge in [-0.3, -0.25) is 4.79 Å². The van der Waals surface area contributed by atoms with E-state index in [0.29, 0.717) is 16.7 Å². The number of carbonyl (C=O) groups excluding carboxylic acids is 2. The van der Waals surface area contributed by atoms with Gasteiger partial charge in [0.25, 0.3) is 5.91 Å². The highest BCUT2D eigenvalue weighted by Gasteiger charge is 2.51. The molecule has 180 valence electrons. The standard InChI is InChI=1S/C23H24N4O6.BrH/c28-21(26-19-9-24-15-25-10-19)12-27-5-1-16(2-6-27)20(11-27)33-22(29)23(30,17-3-7-31-13-17)18-4-8-32-14-18;/h3-4,7-10,13-16,20,30H,1-2,5-6,11-12H2;1H/t16?,20-,27?;/m0./s1. The molecule has 0 radical (unpaired) electrons. The molecular weight excluding hydrogens is 508 g/mol. The Morgan fingerprint density at radius 1 is 1.12 bits per heavy atom. The summed E-state index contributed by atoms with van der Waals surface area (Å²) in [4.78, 5) is 33.9. The minimum absolute atomic E-state index is 0. The van der Waals surface area contributed by atoms with E-state index in [0.717, 1.165) is 25.9 Å². The fraction of sp³-hybridized carbons (Fsp3) is 0.391. The van der Waals surface area contributed by atoms with E-state index >= 15 is 0 Å². The Balaban J connectivity index is 0.00000274. The van der Waals surface area contributed by atoms with Gasteiger partial charge in [-0.15, -0.1) is 0 Å². The van der Waals surface area contributed by atoms with Crippen molar-refractivity contribution in [1.29, 1.82) is 0 Å². The minimum atomic E-state index is -2.04. The van der Waals surface area contributed by atoms with E-state index in [4.69, 9.17) is 13.6 Å². The van der Waals surface area contributed by atoms with Crippen LogP contribution in [0.2, 0.25) is 0 Å². The van der Waals surface area contributed by atoms with Crippen molar-refractivity contribution in [2.75, 3.05) is 31.5 Å². The predicted octanol–water partition coefficient (Wildman–Crippen LogP) is -1.31. The third-order valence-corrected chi connectivity index (χ3v) is 6.80. The number of aliphatic hydroxyl groups is 1. The third-order valence-electron chi connectivity index (χ3n) is 6.80. The number of amides is 1. The fourth-order valence-corrected chi connectivity index (χ4v) is 5.01. The van der Waals surface area contributed by atoms with Gasteiger partial charge >= 0.3 is 5.97 Å². The number of fused-ring (bicyclic) bond motifs is 3. The van der Waals surface area contributed by atoms with Crippen LogP contribution in [0.5, 0.6) is 0 Å². The number of nitrogens with one attached hydrogen (secondary N) is 1. The molecule has 6 heterocycles. The summed E-state index contributed by atoms with van der Waals surface area (Å²) in [6.07, 6.45) is 11.2. The monoisotopic (exact) mass is 532 g/mol. The first-order valence-corrected chi connectivity index (χ1v) is 10.9. The van der Waals surface area contributed by atoms with Crippen LogP contribution in [0.25, 0.3) is 0 Å². The molecule has 6 rings (SSSR count). The molecular formula is C23H25BrN4O6. The molecule has 0 aromatic carbocycles. The number of carbonyl (C=O) groups is 2. The number of rotatable bonds is 7. The maximum absolute atomic E-state index is 13.3. The highest BCUT2D eigenvalue weighted by Crippen LogP contribution is 2.38. The second-order valence-electron chi connectivity index (χ2n) is 8.82. The lowest BCUT2D eigenvalue weighted by molar-refractivity contribution is -0.939. The van der Waals surface area contributed by atoms with E-state index in [1.165, 1.54) is 43.5 Å². The Morgan fingerprint density at radius 3 is 2.29 bits per heavy atom. The van der Waals surface area contributed by atoms with Crippen LogP contribution in [-0.2, 0) is 19.9 Å². The van der Waals surface area contributed by atoms with Crippen LogP contribution in [0.1, 0.15) is 24.0 Å². The van der Waals surface area contributed by atoms with E-state index in [-0.39, 0.29) is 46.5 Å². The smallest absolute Gasteiger partial charge is 0.348 e. The Bertz CT molecular complexity index is 1060. The van der Waals surface area contributed by atoms with Crippen molar-refractivity contribution in [2.45, 2.75) is 24.5 Å². The number of quaternary nitrogens is 1. The summed E-state index contributed by atoms with van der Waals surface area (Å²) < 4.78 is 16.7. The molecule has 34 heavy (non-hydrogen) atoms. The third kappa shape index (κ3) is 4.50. The average Bonchev–Trinajstić information content (AvgIpc) is 3.54. The Hall–Kier alpha value is -3.02. The van der Waals surface area contributed by atoms with E-state index < -0.39 is 17.7 Å². The van der Waals surface area contributed by atoms with Gasteiger partial charge in [0.1, 0.15) is 12.9 Å². The first-order chi connectivity index (χ1) is 16.0. The van der Waals surface area contributed by atoms with Crippen molar-refractivity contribution in [3.8, 4) is 0 Å². The van der Waals surface area contributed by atoms with Gasteiger partial charge in [-0.2, -0.15) is 0 Å². The van der Waals surface area contributed by atoms with E-state index in [1.807, 2.05) is 0 Å². The molecule has 0 aliphatic carbocycles. The molecule has 3 aliphatic rings. The summed E-state index contributed by atoms with van der Waals surface area (Å²) in [6.45, 7) is 2.46. The molecule has 0 saturated carbocycles. The molecule has 0 unspecified atom stereocenters. The quantitative estimate of drug-likeness (QED) is 0.283. The van der Waals surface area contributed by atoms with Gasteiger partial charge in [0.05, 0.1) is 56.2 Å². The molecule has 2 N–H and O–H groups in total. The lowest BCUT2D eigenvalue weighted by Crippen LogP contribution is -3.00. The molecule has 1 atom stereocenters. The fourth-order valence-electron chi connectivity index (χ4n) is 5.01. The van der Waals surface area contributed by atoms with Crippen LogP contribution in [0, 0.1) is 5.92 Å². The maximum atomic E-state index is 13.3. The number of ether oxygens (including phenoxy) is 1. The molecule has 11 heteroatoms. The lowest BCUT2D eigenvalue weighted by Gasteiger charge is -2.51. The van der Waals surface area contributed by atoms with E-state index in [9.17, 15) is 14.7 Å². The SMILES string of the molecule is O=C(C[N+]12CCC(CC1)[C@@H](OC(=O)C(O)(c1ccoc1)c1ccoc1)C2)Nc1cncnc1.[Br-].